The summed E-state index contributed by atoms with van der Waals surface area (Å²) in [6.07, 6.45) is -1.52. The Labute approximate surface area is 200 Å². The van der Waals surface area contributed by atoms with Gasteiger partial charge in [0.1, 0.15) is 0 Å². The topological polar surface area (TPSA) is 78.9 Å². The predicted octanol–water partition coefficient (Wildman–Crippen LogP) is 2.35. The Kier molecular flexibility index (Phi) is 6.12. The molecule has 3 aliphatic heterocycles. The molecule has 1 aromatic heterocycles. The average molecular weight is 489 g/mol. The fourth-order valence-corrected chi connectivity index (χ4v) is 4.99. The molecule has 0 radical (unpaired) electrons. The van der Waals surface area contributed by atoms with Crippen LogP contribution in [0.3, 0.4) is 0 Å². The van der Waals surface area contributed by atoms with Crippen molar-refractivity contribution in [2.75, 3.05) is 38.2 Å². The van der Waals surface area contributed by atoms with Crippen molar-refractivity contribution in [2.45, 2.75) is 44.6 Å². The number of carbonyl (C=O) groups is 2. The maximum atomic E-state index is 12.9. The van der Waals surface area contributed by atoms with Crippen molar-refractivity contribution in [3.8, 4) is 0 Å². The van der Waals surface area contributed by atoms with E-state index in [1.807, 2.05) is 18.2 Å². The van der Waals surface area contributed by atoms with Crippen molar-refractivity contribution in [1.29, 1.82) is 0 Å². The van der Waals surface area contributed by atoms with Gasteiger partial charge in [0.15, 0.2) is 0 Å². The number of methoxy groups -OCH3 is 1. The number of hydrogen-bond acceptors (Lipinski definition) is 6. The molecule has 1 aromatic carbocycles. The summed E-state index contributed by atoms with van der Waals surface area (Å²) < 4.78 is 43.9. The van der Waals surface area contributed by atoms with Gasteiger partial charge in [0.2, 0.25) is 5.95 Å². The van der Waals surface area contributed by atoms with Gasteiger partial charge in [-0.05, 0) is 36.0 Å². The molecule has 1 fully saturated rings. The molecule has 35 heavy (non-hydrogen) atoms. The molecule has 1 atom stereocenters. The molecule has 0 N–H and O–H groups in total. The second-order valence-corrected chi connectivity index (χ2v) is 9.18. The molecular formula is C24H26F3N5O3. The fourth-order valence-electron chi connectivity index (χ4n) is 4.99. The zero-order chi connectivity index (χ0) is 24.7. The number of benzene rings is 1. The van der Waals surface area contributed by atoms with Gasteiger partial charge in [0.05, 0.1) is 23.9 Å². The quantitative estimate of drug-likeness (QED) is 0.656. The highest BCUT2D eigenvalue weighted by molar-refractivity contribution is 5.97. The van der Waals surface area contributed by atoms with Crippen molar-refractivity contribution < 1.29 is 27.5 Å². The first kappa shape index (κ1) is 23.5. The molecule has 186 valence electrons. The van der Waals surface area contributed by atoms with E-state index in [1.54, 1.807) is 18.2 Å². The second kappa shape index (κ2) is 9.10. The summed E-state index contributed by atoms with van der Waals surface area (Å²) in [6, 6.07) is 5.71. The molecule has 1 saturated heterocycles. The van der Waals surface area contributed by atoms with Gasteiger partial charge < -0.3 is 19.4 Å². The van der Waals surface area contributed by atoms with Crippen LogP contribution in [0.25, 0.3) is 0 Å². The highest BCUT2D eigenvalue weighted by Gasteiger charge is 2.42. The molecule has 0 unspecified atom stereocenters. The number of ether oxygens (including phenoxy) is 1. The summed E-state index contributed by atoms with van der Waals surface area (Å²) in [5.41, 5.74) is 3.91. The Morgan fingerprint density at radius 1 is 1.17 bits per heavy atom. The second-order valence-electron chi connectivity index (χ2n) is 9.18. The lowest BCUT2D eigenvalue weighted by Crippen LogP contribution is -2.42. The summed E-state index contributed by atoms with van der Waals surface area (Å²) in [4.78, 5) is 38.3. The minimum Gasteiger partial charge on any atom is -0.380 e. The van der Waals surface area contributed by atoms with Crippen LogP contribution in [0.1, 0.15) is 39.2 Å². The Hall–Kier alpha value is -3.21. The lowest BCUT2D eigenvalue weighted by atomic mass is 10.00. The first-order valence-electron chi connectivity index (χ1n) is 11.6. The summed E-state index contributed by atoms with van der Waals surface area (Å²) in [6.45, 7) is 2.30. The summed E-state index contributed by atoms with van der Waals surface area (Å²) in [5, 5.41) is 0. The predicted molar refractivity (Wildman–Crippen MR) is 120 cm³/mol. The van der Waals surface area contributed by atoms with Gasteiger partial charge >= 0.3 is 12.1 Å². The smallest absolute Gasteiger partial charge is 0.380 e. The van der Waals surface area contributed by atoms with Gasteiger partial charge in [-0.15, -0.1) is 0 Å². The van der Waals surface area contributed by atoms with Crippen LogP contribution in [0, 0.1) is 0 Å². The van der Waals surface area contributed by atoms with Crippen LogP contribution < -0.4 is 4.90 Å². The molecule has 0 saturated carbocycles. The minimum absolute atomic E-state index is 0.0156. The van der Waals surface area contributed by atoms with Crippen molar-refractivity contribution in [3.05, 3.63) is 52.3 Å². The number of amides is 2. The summed E-state index contributed by atoms with van der Waals surface area (Å²) in [5.74, 6) is -1.33. The Morgan fingerprint density at radius 2 is 1.94 bits per heavy atom. The highest BCUT2D eigenvalue weighted by Crippen LogP contribution is 2.27. The van der Waals surface area contributed by atoms with E-state index in [0.29, 0.717) is 49.7 Å². The number of hydrogen-bond donors (Lipinski definition) is 0. The zero-order valence-electron chi connectivity index (χ0n) is 19.3. The average Bonchev–Trinajstić information content (AvgIpc) is 3.36. The molecule has 2 amide bonds. The maximum absolute atomic E-state index is 12.9. The van der Waals surface area contributed by atoms with Crippen molar-refractivity contribution >= 4 is 17.8 Å². The fraction of sp³-hybridized carbons (Fsp3) is 0.500. The van der Waals surface area contributed by atoms with Crippen LogP contribution >= 0.6 is 0 Å². The number of anilines is 1. The number of nitrogens with zero attached hydrogens (tertiary/aromatic N) is 5. The van der Waals surface area contributed by atoms with E-state index in [2.05, 4.69) is 14.9 Å². The number of aromatic nitrogens is 2. The van der Waals surface area contributed by atoms with Crippen LogP contribution in [-0.2, 0) is 35.5 Å². The number of alkyl halides is 3. The SMILES string of the molecule is CO[C@H]1CCN(c2ncc3c(n2)CN(Cc2ccc4c(c2)CCN(C(=O)C(F)(F)F)CC4)C3=O)C1. The van der Waals surface area contributed by atoms with E-state index in [9.17, 15) is 22.8 Å². The normalized spacial score (nSPS) is 20.2. The van der Waals surface area contributed by atoms with E-state index in [1.165, 1.54) is 0 Å². The molecular weight excluding hydrogens is 463 g/mol. The molecule has 3 aliphatic rings. The highest BCUT2D eigenvalue weighted by atomic mass is 19.4. The molecule has 5 rings (SSSR count). The first-order chi connectivity index (χ1) is 16.7. The number of rotatable bonds is 4. The Morgan fingerprint density at radius 3 is 2.66 bits per heavy atom. The zero-order valence-corrected chi connectivity index (χ0v) is 19.3. The van der Waals surface area contributed by atoms with Crippen LogP contribution in [0.5, 0.6) is 0 Å². The number of fused-ring (bicyclic) bond motifs is 2. The minimum atomic E-state index is -4.87. The number of carbonyl (C=O) groups excluding carboxylic acids is 2. The van der Waals surface area contributed by atoms with Crippen LogP contribution in [0.4, 0.5) is 19.1 Å². The number of halogens is 3. The van der Waals surface area contributed by atoms with Gasteiger partial charge in [-0.1, -0.05) is 18.2 Å². The lowest BCUT2D eigenvalue weighted by Gasteiger charge is -2.21. The molecule has 2 aromatic rings. The van der Waals surface area contributed by atoms with Crippen molar-refractivity contribution in [1.82, 2.24) is 19.8 Å². The van der Waals surface area contributed by atoms with E-state index in [4.69, 9.17) is 4.74 Å². The van der Waals surface area contributed by atoms with Gasteiger partial charge in [0, 0.05) is 46.0 Å². The van der Waals surface area contributed by atoms with Crippen LogP contribution in [0.15, 0.2) is 24.4 Å². The van der Waals surface area contributed by atoms with Gasteiger partial charge in [0.25, 0.3) is 5.91 Å². The van der Waals surface area contributed by atoms with Gasteiger partial charge in [-0.3, -0.25) is 9.59 Å². The van der Waals surface area contributed by atoms with Gasteiger partial charge in [-0.2, -0.15) is 13.2 Å². The standard InChI is InChI=1S/C24H26F3N5O3/c1-35-18-6-9-31(13-18)23-28-11-19-20(29-23)14-32(21(19)33)12-15-2-3-16-4-7-30(8-5-17(16)10-15)22(34)24(25,26)27/h2-3,10-11,18H,4-9,12-14H2,1H3/t18-/m0/s1. The van der Waals surface area contributed by atoms with E-state index in [-0.39, 0.29) is 25.1 Å². The Balaban J connectivity index is 1.26. The largest absolute Gasteiger partial charge is 0.471 e. The van der Waals surface area contributed by atoms with Crippen LogP contribution in [-0.4, -0.2) is 77.2 Å². The first-order valence-corrected chi connectivity index (χ1v) is 11.6. The van der Waals surface area contributed by atoms with E-state index in [0.717, 1.165) is 34.6 Å². The Bertz CT molecular complexity index is 1160. The van der Waals surface area contributed by atoms with Crippen molar-refractivity contribution in [2.24, 2.45) is 0 Å². The van der Waals surface area contributed by atoms with E-state index >= 15 is 0 Å². The maximum Gasteiger partial charge on any atom is 0.471 e. The molecule has 0 spiro atoms. The molecule has 11 heteroatoms. The van der Waals surface area contributed by atoms with Crippen LogP contribution in [0.2, 0.25) is 0 Å². The molecule has 0 aliphatic carbocycles. The summed E-state index contributed by atoms with van der Waals surface area (Å²) in [7, 11) is 1.69. The monoisotopic (exact) mass is 489 g/mol. The lowest BCUT2D eigenvalue weighted by molar-refractivity contribution is -0.185. The van der Waals surface area contributed by atoms with Crippen molar-refractivity contribution in [3.63, 3.8) is 0 Å². The molecule has 8 nitrogen and oxygen atoms in total. The van der Waals surface area contributed by atoms with Gasteiger partial charge in [-0.25, -0.2) is 9.97 Å². The summed E-state index contributed by atoms with van der Waals surface area (Å²) >= 11 is 0. The molecule has 0 bridgehead atoms. The van der Waals surface area contributed by atoms with E-state index < -0.39 is 12.1 Å². The molecule has 4 heterocycles. The third-order valence-corrected chi connectivity index (χ3v) is 6.95. The third kappa shape index (κ3) is 4.69. The third-order valence-electron chi connectivity index (χ3n) is 6.95.